The lowest BCUT2D eigenvalue weighted by Gasteiger charge is -2.01. The molecule has 0 amide bonds. The van der Waals surface area contributed by atoms with Crippen molar-refractivity contribution in [2.24, 2.45) is 0 Å². The summed E-state index contributed by atoms with van der Waals surface area (Å²) in [6.45, 7) is 0.650. The van der Waals surface area contributed by atoms with Gasteiger partial charge in [-0.1, -0.05) is 12.1 Å². The third kappa shape index (κ3) is 3.17. The van der Waals surface area contributed by atoms with Gasteiger partial charge in [0.15, 0.2) is 18.9 Å². The van der Waals surface area contributed by atoms with Crippen LogP contribution in [-0.4, -0.2) is 13.1 Å². The minimum Gasteiger partial charge on any atom is -0.465 e. The SMILES string of the molecule is COC(=O)c1ccc(C[n+]2cccc(C#N)c2)cc1. The molecule has 0 aliphatic heterocycles. The van der Waals surface area contributed by atoms with Crippen molar-refractivity contribution in [3.05, 3.63) is 65.5 Å². The van der Waals surface area contributed by atoms with Crippen molar-refractivity contribution in [2.75, 3.05) is 7.11 Å². The molecule has 2 aromatic rings. The Morgan fingerprint density at radius 3 is 2.68 bits per heavy atom. The standard InChI is InChI=1S/C15H13N2O2/c1-19-15(18)14-6-4-12(5-7-14)10-17-8-2-3-13(9-16)11-17/h2-8,11H,10H2,1H3/q+1. The fraction of sp³-hybridized carbons (Fsp3) is 0.133. The van der Waals surface area contributed by atoms with Crippen LogP contribution in [0.1, 0.15) is 21.5 Å². The van der Waals surface area contributed by atoms with Crippen molar-refractivity contribution >= 4 is 5.97 Å². The van der Waals surface area contributed by atoms with E-state index in [4.69, 9.17) is 5.26 Å². The van der Waals surface area contributed by atoms with Crippen LogP contribution < -0.4 is 4.57 Å². The molecule has 0 saturated heterocycles. The van der Waals surface area contributed by atoms with Gasteiger partial charge in [-0.25, -0.2) is 4.79 Å². The lowest BCUT2D eigenvalue weighted by atomic mass is 10.1. The molecule has 0 bridgehead atoms. The second kappa shape index (κ2) is 5.78. The number of pyridine rings is 1. The van der Waals surface area contributed by atoms with Crippen LogP contribution in [0.25, 0.3) is 0 Å². The van der Waals surface area contributed by atoms with E-state index < -0.39 is 0 Å². The molecule has 94 valence electrons. The van der Waals surface area contributed by atoms with Crippen molar-refractivity contribution < 1.29 is 14.1 Å². The molecule has 0 atom stereocenters. The highest BCUT2D eigenvalue weighted by Crippen LogP contribution is 2.05. The Morgan fingerprint density at radius 1 is 1.32 bits per heavy atom. The maximum Gasteiger partial charge on any atom is 0.337 e. The molecular formula is C15H13N2O2+. The van der Waals surface area contributed by atoms with Crippen molar-refractivity contribution in [1.82, 2.24) is 0 Å². The van der Waals surface area contributed by atoms with Crippen LogP contribution >= 0.6 is 0 Å². The largest absolute Gasteiger partial charge is 0.465 e. The molecule has 0 aliphatic carbocycles. The predicted molar refractivity (Wildman–Crippen MR) is 68.2 cm³/mol. The summed E-state index contributed by atoms with van der Waals surface area (Å²) in [7, 11) is 1.36. The van der Waals surface area contributed by atoms with Crippen molar-refractivity contribution in [3.8, 4) is 6.07 Å². The van der Waals surface area contributed by atoms with Gasteiger partial charge in [-0.05, 0) is 18.2 Å². The van der Waals surface area contributed by atoms with Crippen LogP contribution in [0.2, 0.25) is 0 Å². The molecule has 1 aromatic carbocycles. The molecule has 0 aliphatic rings. The van der Waals surface area contributed by atoms with Gasteiger partial charge in [-0.2, -0.15) is 9.83 Å². The number of ether oxygens (including phenoxy) is 1. The van der Waals surface area contributed by atoms with E-state index in [1.807, 2.05) is 29.0 Å². The summed E-state index contributed by atoms with van der Waals surface area (Å²) >= 11 is 0. The average molecular weight is 253 g/mol. The first-order valence-electron chi connectivity index (χ1n) is 5.79. The topological polar surface area (TPSA) is 54.0 Å². The maximum atomic E-state index is 11.3. The van der Waals surface area contributed by atoms with E-state index in [-0.39, 0.29) is 5.97 Å². The minimum atomic E-state index is -0.342. The third-order valence-electron chi connectivity index (χ3n) is 2.73. The Morgan fingerprint density at radius 2 is 2.05 bits per heavy atom. The first kappa shape index (κ1) is 12.8. The van der Waals surface area contributed by atoms with E-state index in [2.05, 4.69) is 10.8 Å². The Balaban J connectivity index is 2.15. The number of benzene rings is 1. The number of carbonyl (C=O) groups is 1. The molecule has 0 fully saturated rings. The molecule has 0 saturated carbocycles. The highest BCUT2D eigenvalue weighted by Gasteiger charge is 2.07. The molecule has 1 aromatic heterocycles. The molecule has 0 radical (unpaired) electrons. The van der Waals surface area contributed by atoms with Crippen LogP contribution in [0.4, 0.5) is 0 Å². The van der Waals surface area contributed by atoms with Crippen molar-refractivity contribution in [2.45, 2.75) is 6.54 Å². The molecule has 19 heavy (non-hydrogen) atoms. The number of aromatic nitrogens is 1. The van der Waals surface area contributed by atoms with E-state index in [1.165, 1.54) is 7.11 Å². The number of carbonyl (C=O) groups excluding carboxylic acids is 1. The first-order valence-corrected chi connectivity index (χ1v) is 5.79. The molecule has 4 heteroatoms. The summed E-state index contributed by atoms with van der Waals surface area (Å²) in [5, 5.41) is 8.84. The zero-order chi connectivity index (χ0) is 13.7. The zero-order valence-electron chi connectivity index (χ0n) is 10.5. The Labute approximate surface area is 111 Å². The van der Waals surface area contributed by atoms with E-state index >= 15 is 0 Å². The number of hydrogen-bond acceptors (Lipinski definition) is 3. The van der Waals surface area contributed by atoms with Crippen LogP contribution in [0.15, 0.2) is 48.8 Å². The first-order chi connectivity index (χ1) is 9.22. The number of nitriles is 1. The van der Waals surface area contributed by atoms with E-state index in [9.17, 15) is 4.79 Å². The van der Waals surface area contributed by atoms with Gasteiger partial charge >= 0.3 is 5.97 Å². The number of nitrogens with zero attached hydrogens (tertiary/aromatic N) is 2. The summed E-state index contributed by atoms with van der Waals surface area (Å²) < 4.78 is 6.57. The molecular weight excluding hydrogens is 240 g/mol. The smallest absolute Gasteiger partial charge is 0.337 e. The van der Waals surface area contributed by atoms with Crippen LogP contribution in [0, 0.1) is 11.3 Å². The Bertz CT molecular complexity index is 627. The molecule has 0 N–H and O–H groups in total. The van der Waals surface area contributed by atoms with Crippen molar-refractivity contribution in [3.63, 3.8) is 0 Å². The predicted octanol–water partition coefficient (Wildman–Crippen LogP) is 1.68. The van der Waals surface area contributed by atoms with E-state index in [0.717, 1.165) is 5.56 Å². The fourth-order valence-electron chi connectivity index (χ4n) is 1.76. The second-order valence-corrected chi connectivity index (χ2v) is 4.07. The van der Waals surface area contributed by atoms with Gasteiger partial charge in [0.25, 0.3) is 0 Å². The van der Waals surface area contributed by atoms with E-state index in [1.54, 1.807) is 24.4 Å². The van der Waals surface area contributed by atoms with Gasteiger partial charge in [-0.3, -0.25) is 0 Å². The van der Waals surface area contributed by atoms with Crippen LogP contribution in [0.5, 0.6) is 0 Å². The lowest BCUT2D eigenvalue weighted by molar-refractivity contribution is -0.688. The molecule has 0 spiro atoms. The summed E-state index contributed by atoms with van der Waals surface area (Å²) in [6.07, 6.45) is 3.68. The lowest BCUT2D eigenvalue weighted by Crippen LogP contribution is -2.33. The number of rotatable bonds is 3. The van der Waals surface area contributed by atoms with Gasteiger partial charge < -0.3 is 4.74 Å². The quantitative estimate of drug-likeness (QED) is 0.617. The average Bonchev–Trinajstić information content (AvgIpc) is 2.47. The van der Waals surface area contributed by atoms with Crippen LogP contribution in [-0.2, 0) is 11.3 Å². The zero-order valence-corrected chi connectivity index (χ0v) is 10.5. The number of hydrogen-bond donors (Lipinski definition) is 0. The Hall–Kier alpha value is -2.67. The normalized spacial score (nSPS) is 9.68. The fourth-order valence-corrected chi connectivity index (χ4v) is 1.76. The highest BCUT2D eigenvalue weighted by molar-refractivity contribution is 5.89. The molecule has 2 rings (SSSR count). The molecule has 4 nitrogen and oxygen atoms in total. The summed E-state index contributed by atoms with van der Waals surface area (Å²) in [6, 6.07) is 12.9. The maximum absolute atomic E-state index is 11.3. The molecule has 0 unspecified atom stereocenters. The summed E-state index contributed by atoms with van der Waals surface area (Å²) in [4.78, 5) is 11.3. The summed E-state index contributed by atoms with van der Waals surface area (Å²) in [5.41, 5.74) is 2.20. The van der Waals surface area contributed by atoms with Gasteiger partial charge in [0.2, 0.25) is 0 Å². The third-order valence-corrected chi connectivity index (χ3v) is 2.73. The molecule has 1 heterocycles. The van der Waals surface area contributed by atoms with Gasteiger partial charge in [0.05, 0.1) is 12.7 Å². The summed E-state index contributed by atoms with van der Waals surface area (Å²) in [5.74, 6) is -0.342. The number of methoxy groups -OCH3 is 1. The van der Waals surface area contributed by atoms with Crippen LogP contribution in [0.3, 0.4) is 0 Å². The highest BCUT2D eigenvalue weighted by atomic mass is 16.5. The van der Waals surface area contributed by atoms with Gasteiger partial charge in [0, 0.05) is 11.6 Å². The van der Waals surface area contributed by atoms with Gasteiger partial charge in [-0.15, -0.1) is 0 Å². The van der Waals surface area contributed by atoms with Gasteiger partial charge in [0.1, 0.15) is 11.6 Å². The number of esters is 1. The van der Waals surface area contributed by atoms with E-state index in [0.29, 0.717) is 17.7 Å². The van der Waals surface area contributed by atoms with Crippen molar-refractivity contribution in [1.29, 1.82) is 5.26 Å². The Kier molecular flexibility index (Phi) is 3.89. The minimum absolute atomic E-state index is 0.342. The second-order valence-electron chi connectivity index (χ2n) is 4.07. The monoisotopic (exact) mass is 253 g/mol.